The second-order valence-electron chi connectivity index (χ2n) is 5.40. The van der Waals surface area contributed by atoms with E-state index in [1.807, 2.05) is 0 Å². The first-order chi connectivity index (χ1) is 8.49. The molecule has 0 aliphatic heterocycles. The first kappa shape index (κ1) is 13.5. The van der Waals surface area contributed by atoms with Gasteiger partial charge >= 0.3 is 12.0 Å². The highest BCUT2D eigenvalue weighted by molar-refractivity contribution is 8.00. The molecule has 0 spiro atoms. The molecule has 2 amide bonds. The molecule has 2 fully saturated rings. The van der Waals surface area contributed by atoms with E-state index >= 15 is 0 Å². The van der Waals surface area contributed by atoms with Crippen LogP contribution in [-0.4, -0.2) is 40.2 Å². The van der Waals surface area contributed by atoms with E-state index in [1.54, 1.807) is 11.8 Å². The molecule has 0 unspecified atom stereocenters. The van der Waals surface area contributed by atoms with Crippen LogP contribution in [0.3, 0.4) is 0 Å². The summed E-state index contributed by atoms with van der Waals surface area (Å²) in [5.74, 6) is -0.849. The van der Waals surface area contributed by atoms with Crippen molar-refractivity contribution in [2.24, 2.45) is 0 Å². The zero-order chi connectivity index (χ0) is 13.2. The highest BCUT2D eigenvalue weighted by atomic mass is 32.2. The van der Waals surface area contributed by atoms with Crippen molar-refractivity contribution in [2.75, 3.05) is 12.8 Å². The Morgan fingerprint density at radius 2 is 1.94 bits per heavy atom. The first-order valence-electron chi connectivity index (χ1n) is 6.32. The van der Waals surface area contributed by atoms with Gasteiger partial charge in [-0.3, -0.25) is 4.79 Å². The molecule has 18 heavy (non-hydrogen) atoms. The first-order valence-corrected chi connectivity index (χ1v) is 7.55. The third-order valence-electron chi connectivity index (χ3n) is 3.99. The summed E-state index contributed by atoms with van der Waals surface area (Å²) >= 11 is 1.79. The Morgan fingerprint density at radius 3 is 2.33 bits per heavy atom. The Balaban J connectivity index is 1.77. The monoisotopic (exact) mass is 272 g/mol. The SMILES string of the molecule is CSC1(CNC(=O)NC2(CC(=O)O)CCC2)CC1. The molecule has 2 saturated carbocycles. The number of amides is 2. The van der Waals surface area contributed by atoms with Gasteiger partial charge in [0.1, 0.15) is 0 Å². The summed E-state index contributed by atoms with van der Waals surface area (Å²) in [6.07, 6.45) is 6.89. The fourth-order valence-electron chi connectivity index (χ4n) is 2.36. The molecule has 2 aliphatic rings. The third kappa shape index (κ3) is 3.10. The van der Waals surface area contributed by atoms with E-state index < -0.39 is 11.5 Å². The molecule has 2 rings (SSSR count). The number of carbonyl (C=O) groups is 2. The molecule has 0 bridgehead atoms. The third-order valence-corrected chi connectivity index (χ3v) is 5.41. The van der Waals surface area contributed by atoms with E-state index in [4.69, 9.17) is 5.11 Å². The lowest BCUT2D eigenvalue weighted by molar-refractivity contribution is -0.139. The molecule has 0 atom stereocenters. The lowest BCUT2D eigenvalue weighted by atomic mass is 9.74. The van der Waals surface area contributed by atoms with Crippen molar-refractivity contribution in [3.05, 3.63) is 0 Å². The molecular weight excluding hydrogens is 252 g/mol. The highest BCUT2D eigenvalue weighted by Gasteiger charge is 2.43. The largest absolute Gasteiger partial charge is 0.481 e. The van der Waals surface area contributed by atoms with Crippen LogP contribution in [0.4, 0.5) is 4.79 Å². The topological polar surface area (TPSA) is 78.4 Å². The lowest BCUT2D eigenvalue weighted by Crippen LogP contribution is -2.57. The number of carboxylic acids is 1. The van der Waals surface area contributed by atoms with E-state index in [2.05, 4.69) is 16.9 Å². The zero-order valence-corrected chi connectivity index (χ0v) is 11.4. The maximum Gasteiger partial charge on any atom is 0.315 e. The van der Waals surface area contributed by atoms with Crippen molar-refractivity contribution < 1.29 is 14.7 Å². The van der Waals surface area contributed by atoms with Crippen molar-refractivity contribution in [3.63, 3.8) is 0 Å². The van der Waals surface area contributed by atoms with Crippen LogP contribution in [-0.2, 0) is 4.79 Å². The zero-order valence-electron chi connectivity index (χ0n) is 10.6. The molecule has 0 aromatic carbocycles. The summed E-state index contributed by atoms with van der Waals surface area (Å²) in [6.45, 7) is 0.670. The number of thioether (sulfide) groups is 1. The summed E-state index contributed by atoms with van der Waals surface area (Å²) in [6, 6.07) is -0.226. The van der Waals surface area contributed by atoms with Crippen molar-refractivity contribution in [3.8, 4) is 0 Å². The summed E-state index contributed by atoms with van der Waals surface area (Å²) in [4.78, 5) is 22.6. The van der Waals surface area contributed by atoms with E-state index in [9.17, 15) is 9.59 Å². The van der Waals surface area contributed by atoms with Gasteiger partial charge in [0, 0.05) is 11.3 Å². The molecule has 5 nitrogen and oxygen atoms in total. The van der Waals surface area contributed by atoms with Gasteiger partial charge in [-0.05, 0) is 38.4 Å². The minimum absolute atomic E-state index is 0.0219. The molecule has 0 radical (unpaired) electrons. The summed E-state index contributed by atoms with van der Waals surface area (Å²) < 4.78 is 0.233. The fraction of sp³-hybridized carbons (Fsp3) is 0.833. The molecule has 0 aromatic rings. The van der Waals surface area contributed by atoms with E-state index in [0.29, 0.717) is 6.54 Å². The van der Waals surface area contributed by atoms with Crippen LogP contribution in [0.1, 0.15) is 38.5 Å². The van der Waals surface area contributed by atoms with E-state index in [1.165, 1.54) is 0 Å². The molecule has 6 heteroatoms. The van der Waals surface area contributed by atoms with Gasteiger partial charge in [0.15, 0.2) is 0 Å². The van der Waals surface area contributed by atoms with Crippen LogP contribution in [0.25, 0.3) is 0 Å². The number of carboxylic acid groups (broad SMARTS) is 1. The number of aliphatic carboxylic acids is 1. The predicted octanol–water partition coefficient (Wildman–Crippen LogP) is 1.58. The van der Waals surface area contributed by atoms with Gasteiger partial charge in [-0.25, -0.2) is 4.79 Å². The van der Waals surface area contributed by atoms with Crippen LogP contribution in [0.2, 0.25) is 0 Å². The van der Waals surface area contributed by atoms with Crippen LogP contribution >= 0.6 is 11.8 Å². The van der Waals surface area contributed by atoms with Gasteiger partial charge in [0.2, 0.25) is 0 Å². The number of carbonyl (C=O) groups excluding carboxylic acids is 1. The number of urea groups is 1. The Labute approximate surface area is 111 Å². The number of nitrogens with one attached hydrogen (secondary N) is 2. The number of hydrogen-bond acceptors (Lipinski definition) is 3. The van der Waals surface area contributed by atoms with Crippen LogP contribution in [0.5, 0.6) is 0 Å². The summed E-state index contributed by atoms with van der Waals surface area (Å²) in [5, 5.41) is 14.6. The maximum absolute atomic E-state index is 11.8. The minimum Gasteiger partial charge on any atom is -0.481 e. The van der Waals surface area contributed by atoms with Crippen LogP contribution in [0, 0.1) is 0 Å². The molecule has 102 valence electrons. The molecule has 0 heterocycles. The molecule has 2 aliphatic carbocycles. The molecule has 3 N–H and O–H groups in total. The Bertz CT molecular complexity index is 351. The average molecular weight is 272 g/mol. The summed E-state index contributed by atoms with van der Waals surface area (Å²) in [5.41, 5.74) is -0.508. The highest BCUT2D eigenvalue weighted by Crippen LogP contribution is 2.46. The van der Waals surface area contributed by atoms with Gasteiger partial charge < -0.3 is 15.7 Å². The van der Waals surface area contributed by atoms with E-state index in [-0.39, 0.29) is 17.2 Å². The van der Waals surface area contributed by atoms with Gasteiger partial charge in [-0.1, -0.05) is 0 Å². The predicted molar refractivity (Wildman–Crippen MR) is 70.8 cm³/mol. The van der Waals surface area contributed by atoms with Crippen LogP contribution < -0.4 is 10.6 Å². The summed E-state index contributed by atoms with van der Waals surface area (Å²) in [7, 11) is 0. The molecule has 0 saturated heterocycles. The standard InChI is InChI=1S/C12H20N2O3S/c1-18-12(5-6-12)8-13-10(17)14-11(3-2-4-11)7-9(15)16/h2-8H2,1H3,(H,15,16)(H2,13,14,17). The second-order valence-corrected chi connectivity index (χ2v) is 6.67. The van der Waals surface area contributed by atoms with Gasteiger partial charge in [-0.2, -0.15) is 11.8 Å². The second kappa shape index (κ2) is 4.99. The molecule has 0 aromatic heterocycles. The van der Waals surface area contributed by atoms with Gasteiger partial charge in [0.05, 0.1) is 12.0 Å². The Hall–Kier alpha value is -0.910. The quantitative estimate of drug-likeness (QED) is 0.686. The maximum atomic E-state index is 11.8. The smallest absolute Gasteiger partial charge is 0.315 e. The van der Waals surface area contributed by atoms with Crippen molar-refractivity contribution in [1.29, 1.82) is 0 Å². The van der Waals surface area contributed by atoms with Crippen molar-refractivity contribution in [1.82, 2.24) is 10.6 Å². The van der Waals surface area contributed by atoms with E-state index in [0.717, 1.165) is 32.1 Å². The minimum atomic E-state index is -0.849. The lowest BCUT2D eigenvalue weighted by Gasteiger charge is -2.41. The average Bonchev–Trinajstić information content (AvgIpc) is 3.03. The Morgan fingerprint density at radius 1 is 1.28 bits per heavy atom. The normalized spacial score (nSPS) is 22.7. The number of hydrogen-bond donors (Lipinski definition) is 3. The fourth-order valence-corrected chi connectivity index (χ4v) is 3.08. The number of rotatable bonds is 6. The molecular formula is C12H20N2O3S. The van der Waals surface area contributed by atoms with Crippen LogP contribution in [0.15, 0.2) is 0 Å². The van der Waals surface area contributed by atoms with Gasteiger partial charge in [-0.15, -0.1) is 0 Å². The van der Waals surface area contributed by atoms with Crippen molar-refractivity contribution in [2.45, 2.75) is 48.8 Å². The van der Waals surface area contributed by atoms with Gasteiger partial charge in [0.25, 0.3) is 0 Å². The Kier molecular flexibility index (Phi) is 3.75. The van der Waals surface area contributed by atoms with Crippen molar-refractivity contribution >= 4 is 23.8 Å².